The second-order valence-electron chi connectivity index (χ2n) is 6.88. The summed E-state index contributed by atoms with van der Waals surface area (Å²) in [7, 11) is -3.03. The molecule has 7 heteroatoms. The summed E-state index contributed by atoms with van der Waals surface area (Å²) in [6.45, 7) is -0.0611. The Hall–Kier alpha value is -2.67. The molecule has 0 aliphatic carbocycles. The van der Waals surface area contributed by atoms with E-state index in [1.54, 1.807) is 6.07 Å². The fourth-order valence-electron chi connectivity index (χ4n) is 3.62. The highest BCUT2D eigenvalue weighted by atomic mass is 32.2. The molecule has 0 bridgehead atoms. The van der Waals surface area contributed by atoms with E-state index in [9.17, 15) is 18.0 Å². The molecule has 0 unspecified atom stereocenters. The molecule has 4 rings (SSSR count). The van der Waals surface area contributed by atoms with Crippen LogP contribution in [0.4, 0.5) is 0 Å². The van der Waals surface area contributed by atoms with Gasteiger partial charge in [-0.2, -0.15) is 0 Å². The summed E-state index contributed by atoms with van der Waals surface area (Å²) < 4.78 is 33.7. The van der Waals surface area contributed by atoms with Crippen LogP contribution in [0.15, 0.2) is 51.7 Å². The molecule has 0 radical (unpaired) electrons. The molecule has 0 spiro atoms. The summed E-state index contributed by atoms with van der Waals surface area (Å²) in [5.41, 5.74) is 0.505. The summed E-state index contributed by atoms with van der Waals surface area (Å²) in [5.74, 6) is -0.494. The van der Waals surface area contributed by atoms with Crippen molar-refractivity contribution >= 4 is 37.5 Å². The van der Waals surface area contributed by atoms with Crippen molar-refractivity contribution in [2.45, 2.75) is 19.4 Å². The number of hydrogen-bond acceptors (Lipinski definition) is 6. The summed E-state index contributed by atoms with van der Waals surface area (Å²) in [4.78, 5) is 24.0. The Morgan fingerprint density at radius 3 is 2.78 bits per heavy atom. The van der Waals surface area contributed by atoms with E-state index >= 15 is 0 Å². The molecular weight excluding hydrogens is 368 g/mol. The zero-order chi connectivity index (χ0) is 19.0. The molecule has 6 nitrogen and oxygen atoms in total. The molecule has 2 heterocycles. The van der Waals surface area contributed by atoms with Gasteiger partial charge < -0.3 is 9.15 Å². The van der Waals surface area contributed by atoms with Crippen LogP contribution in [0.5, 0.6) is 0 Å². The lowest BCUT2D eigenvalue weighted by Crippen LogP contribution is -2.13. The van der Waals surface area contributed by atoms with Crippen molar-refractivity contribution in [1.82, 2.24) is 0 Å². The van der Waals surface area contributed by atoms with Crippen LogP contribution in [0.25, 0.3) is 21.7 Å². The van der Waals surface area contributed by atoms with Crippen LogP contribution < -0.4 is 5.63 Å². The van der Waals surface area contributed by atoms with Crippen LogP contribution in [0.1, 0.15) is 18.4 Å². The minimum Gasteiger partial charge on any atom is -0.461 e. The Morgan fingerprint density at radius 2 is 2.00 bits per heavy atom. The maximum absolute atomic E-state index is 12.1. The fraction of sp³-hybridized carbons (Fsp3) is 0.300. The molecule has 1 atom stereocenters. The number of carbonyl (C=O) groups excluding carboxylic acids is 1. The second kappa shape index (κ2) is 6.81. The van der Waals surface area contributed by atoms with Gasteiger partial charge in [0.1, 0.15) is 12.2 Å². The molecule has 1 aliphatic heterocycles. The molecule has 2 aromatic carbocycles. The topological polar surface area (TPSA) is 90.6 Å². The van der Waals surface area contributed by atoms with Gasteiger partial charge in [-0.3, -0.25) is 4.79 Å². The van der Waals surface area contributed by atoms with Crippen LogP contribution in [0, 0.1) is 5.92 Å². The van der Waals surface area contributed by atoms with Crippen molar-refractivity contribution in [3.05, 3.63) is 58.4 Å². The van der Waals surface area contributed by atoms with E-state index in [4.69, 9.17) is 9.15 Å². The molecule has 0 amide bonds. The van der Waals surface area contributed by atoms with Crippen LogP contribution in [0.3, 0.4) is 0 Å². The maximum atomic E-state index is 12.1. The van der Waals surface area contributed by atoms with E-state index in [1.165, 1.54) is 6.07 Å². The summed E-state index contributed by atoms with van der Waals surface area (Å²) in [6.07, 6.45) is 0.555. The highest BCUT2D eigenvalue weighted by molar-refractivity contribution is 7.91. The van der Waals surface area contributed by atoms with Gasteiger partial charge in [0.15, 0.2) is 9.84 Å². The van der Waals surface area contributed by atoms with Crippen molar-refractivity contribution in [2.75, 3.05) is 11.5 Å². The smallest absolute Gasteiger partial charge is 0.336 e. The van der Waals surface area contributed by atoms with Crippen molar-refractivity contribution in [3.8, 4) is 0 Å². The Morgan fingerprint density at radius 1 is 1.19 bits per heavy atom. The zero-order valence-corrected chi connectivity index (χ0v) is 15.3. The molecule has 3 aromatic rings. The first-order chi connectivity index (χ1) is 12.9. The second-order valence-corrected chi connectivity index (χ2v) is 9.11. The normalized spacial score (nSPS) is 18.7. The third-order valence-corrected chi connectivity index (χ3v) is 6.72. The average molecular weight is 386 g/mol. The standard InChI is InChI=1S/C20H18O6S/c21-18(9-13-7-8-27(23,24)12-13)25-11-15-10-19(22)26-17-6-5-14-3-1-2-4-16(14)20(15)17/h1-6,10,13H,7-9,11-12H2/t13-/m0/s1. The maximum Gasteiger partial charge on any atom is 0.336 e. The number of fused-ring (bicyclic) bond motifs is 3. The van der Waals surface area contributed by atoms with Crippen molar-refractivity contribution < 1.29 is 22.4 Å². The molecule has 140 valence electrons. The summed E-state index contributed by atoms with van der Waals surface area (Å²) in [5, 5.41) is 2.64. The van der Waals surface area contributed by atoms with Gasteiger partial charge >= 0.3 is 11.6 Å². The Labute approximate surface area is 155 Å². The van der Waals surface area contributed by atoms with Crippen LogP contribution in [-0.4, -0.2) is 25.9 Å². The Kier molecular flexibility index (Phi) is 4.47. The average Bonchev–Trinajstić information content (AvgIpc) is 2.97. The number of ether oxygens (including phenoxy) is 1. The quantitative estimate of drug-likeness (QED) is 0.389. The summed E-state index contributed by atoms with van der Waals surface area (Å²) >= 11 is 0. The van der Waals surface area contributed by atoms with E-state index in [1.807, 2.05) is 30.3 Å². The minimum absolute atomic E-state index is 0.0323. The monoisotopic (exact) mass is 386 g/mol. The zero-order valence-electron chi connectivity index (χ0n) is 14.5. The first-order valence-corrected chi connectivity index (χ1v) is 10.5. The predicted molar refractivity (Wildman–Crippen MR) is 101 cm³/mol. The lowest BCUT2D eigenvalue weighted by molar-refractivity contribution is -0.145. The number of rotatable bonds is 4. The lowest BCUT2D eigenvalue weighted by atomic mass is 10.0. The third kappa shape index (κ3) is 3.73. The van der Waals surface area contributed by atoms with E-state index in [0.29, 0.717) is 17.6 Å². The SMILES string of the molecule is O=C(C[C@@H]1CCS(=O)(=O)C1)OCc1cc(=O)oc2ccc3ccccc3c12. The largest absolute Gasteiger partial charge is 0.461 e. The van der Waals surface area contributed by atoms with Gasteiger partial charge in [0.05, 0.1) is 11.5 Å². The molecule has 1 fully saturated rings. The molecular formula is C20H18O6S. The van der Waals surface area contributed by atoms with E-state index < -0.39 is 21.4 Å². The van der Waals surface area contributed by atoms with E-state index in [0.717, 1.165) is 16.2 Å². The van der Waals surface area contributed by atoms with E-state index in [2.05, 4.69) is 0 Å². The minimum atomic E-state index is -3.03. The van der Waals surface area contributed by atoms with Crippen LogP contribution in [0.2, 0.25) is 0 Å². The number of esters is 1. The lowest BCUT2D eigenvalue weighted by Gasteiger charge is -2.11. The van der Waals surface area contributed by atoms with Gasteiger partial charge in [0.2, 0.25) is 0 Å². The van der Waals surface area contributed by atoms with Gasteiger partial charge in [-0.05, 0) is 29.2 Å². The predicted octanol–water partition coefficient (Wildman–Crippen LogP) is 2.81. The Bertz CT molecular complexity index is 1190. The first-order valence-electron chi connectivity index (χ1n) is 8.72. The van der Waals surface area contributed by atoms with Crippen molar-refractivity contribution in [1.29, 1.82) is 0 Å². The van der Waals surface area contributed by atoms with Gasteiger partial charge in [0, 0.05) is 23.4 Å². The van der Waals surface area contributed by atoms with Crippen LogP contribution >= 0.6 is 0 Å². The molecule has 0 saturated carbocycles. The van der Waals surface area contributed by atoms with Gasteiger partial charge in [-0.15, -0.1) is 0 Å². The Balaban J connectivity index is 1.59. The van der Waals surface area contributed by atoms with Crippen molar-refractivity contribution in [2.24, 2.45) is 5.92 Å². The highest BCUT2D eigenvalue weighted by Crippen LogP contribution is 2.28. The number of sulfone groups is 1. The molecule has 1 saturated heterocycles. The third-order valence-electron chi connectivity index (χ3n) is 4.89. The van der Waals surface area contributed by atoms with Gasteiger partial charge in [0.25, 0.3) is 0 Å². The number of benzene rings is 2. The molecule has 1 aromatic heterocycles. The summed E-state index contributed by atoms with van der Waals surface area (Å²) in [6, 6.07) is 12.6. The first kappa shape index (κ1) is 17.7. The molecule has 1 aliphatic rings. The van der Waals surface area contributed by atoms with Crippen molar-refractivity contribution in [3.63, 3.8) is 0 Å². The molecule has 0 N–H and O–H groups in total. The van der Waals surface area contributed by atoms with Crippen LogP contribution in [-0.2, 0) is 26.0 Å². The van der Waals surface area contributed by atoms with E-state index in [-0.39, 0.29) is 30.5 Å². The van der Waals surface area contributed by atoms with Gasteiger partial charge in [-0.1, -0.05) is 30.3 Å². The number of carbonyl (C=O) groups is 1. The molecule has 27 heavy (non-hydrogen) atoms. The van der Waals surface area contributed by atoms with Gasteiger partial charge in [-0.25, -0.2) is 13.2 Å². The fourth-order valence-corrected chi connectivity index (χ4v) is 5.48. The number of hydrogen-bond donors (Lipinski definition) is 0. The highest BCUT2D eigenvalue weighted by Gasteiger charge is 2.29.